The van der Waals surface area contributed by atoms with Gasteiger partial charge in [0.1, 0.15) is 18.1 Å². The Kier molecular flexibility index (Phi) is 5.16. The van der Waals surface area contributed by atoms with Gasteiger partial charge in [-0.15, -0.1) is 11.3 Å². The maximum atomic E-state index is 12.2. The minimum absolute atomic E-state index is 0.233. The molecule has 6 nitrogen and oxygen atoms in total. The lowest BCUT2D eigenvalue weighted by atomic mass is 10.2. The highest BCUT2D eigenvalue weighted by molar-refractivity contribution is 7.07. The van der Waals surface area contributed by atoms with E-state index in [1.165, 1.54) is 11.3 Å². The number of carbonyl (C=O) groups excluding carboxylic acids is 1. The Morgan fingerprint density at radius 3 is 2.71 bits per heavy atom. The number of methoxy groups -OCH3 is 1. The predicted octanol–water partition coefficient (Wildman–Crippen LogP) is 4.08. The number of para-hydroxylation sites is 1. The van der Waals surface area contributed by atoms with Crippen molar-refractivity contribution in [2.75, 3.05) is 7.11 Å². The molecule has 0 atom stereocenters. The number of aromatic nitrogens is 1. The summed E-state index contributed by atoms with van der Waals surface area (Å²) >= 11 is 1.53. The molecular weight excluding hydrogens is 376 g/mol. The van der Waals surface area contributed by atoms with Gasteiger partial charge in [0.25, 0.3) is 0 Å². The lowest BCUT2D eigenvalue weighted by Crippen LogP contribution is -2.06. The van der Waals surface area contributed by atoms with Crippen LogP contribution in [0.15, 0.2) is 70.1 Å². The van der Waals surface area contributed by atoms with E-state index in [4.69, 9.17) is 14.2 Å². The van der Waals surface area contributed by atoms with E-state index in [2.05, 4.69) is 9.98 Å². The Labute approximate surface area is 165 Å². The van der Waals surface area contributed by atoms with Crippen molar-refractivity contribution in [3.63, 3.8) is 0 Å². The van der Waals surface area contributed by atoms with Crippen LogP contribution in [0.25, 0.3) is 6.08 Å². The summed E-state index contributed by atoms with van der Waals surface area (Å²) in [7, 11) is 1.56. The second-order valence-electron chi connectivity index (χ2n) is 5.87. The van der Waals surface area contributed by atoms with Crippen LogP contribution in [0.5, 0.6) is 11.5 Å². The van der Waals surface area contributed by atoms with Crippen LogP contribution in [0.4, 0.5) is 0 Å². The Hall–Kier alpha value is -3.45. The largest absolute Gasteiger partial charge is 0.496 e. The highest BCUT2D eigenvalue weighted by atomic mass is 32.1. The molecule has 2 aromatic carbocycles. The lowest BCUT2D eigenvalue weighted by Gasteiger charge is -2.05. The molecule has 0 bridgehead atoms. The minimum atomic E-state index is -0.496. The molecule has 140 valence electrons. The first kappa shape index (κ1) is 17.9. The molecule has 0 amide bonds. The number of aliphatic imine (C=N–C) groups is 1. The molecule has 0 unspecified atom stereocenters. The van der Waals surface area contributed by atoms with Crippen LogP contribution in [0.1, 0.15) is 16.8 Å². The summed E-state index contributed by atoms with van der Waals surface area (Å²) in [6.07, 6.45) is 1.68. The second kappa shape index (κ2) is 8.06. The van der Waals surface area contributed by atoms with Crippen LogP contribution in [-0.2, 0) is 16.1 Å². The summed E-state index contributed by atoms with van der Waals surface area (Å²) in [5.41, 5.74) is 4.35. The molecule has 3 aromatic rings. The van der Waals surface area contributed by atoms with Gasteiger partial charge >= 0.3 is 5.97 Å². The van der Waals surface area contributed by atoms with Gasteiger partial charge in [0.15, 0.2) is 5.70 Å². The summed E-state index contributed by atoms with van der Waals surface area (Å²) < 4.78 is 16.3. The Morgan fingerprint density at radius 1 is 1.14 bits per heavy atom. The molecule has 2 heterocycles. The number of benzene rings is 2. The van der Waals surface area contributed by atoms with Gasteiger partial charge in [0.2, 0.25) is 5.90 Å². The van der Waals surface area contributed by atoms with Gasteiger partial charge in [-0.2, -0.15) is 0 Å². The van der Waals surface area contributed by atoms with E-state index in [0.717, 1.165) is 17.0 Å². The smallest absolute Gasteiger partial charge is 0.363 e. The average Bonchev–Trinajstić information content (AvgIpc) is 3.37. The van der Waals surface area contributed by atoms with Crippen molar-refractivity contribution < 1.29 is 19.0 Å². The van der Waals surface area contributed by atoms with Gasteiger partial charge in [-0.3, -0.25) is 0 Å². The number of esters is 1. The monoisotopic (exact) mass is 392 g/mol. The maximum absolute atomic E-state index is 12.2. The Balaban J connectivity index is 1.50. The van der Waals surface area contributed by atoms with Gasteiger partial charge in [0, 0.05) is 5.38 Å². The first-order chi connectivity index (χ1) is 13.7. The third-order valence-electron chi connectivity index (χ3n) is 4.01. The fourth-order valence-electron chi connectivity index (χ4n) is 2.63. The standard InChI is InChI=1S/C21H16N2O4S/c1-25-19-5-3-2-4-17(19)20-23-18(21(24)27-20)10-14-6-8-16(9-7-14)26-11-15-12-28-13-22-15/h2-10,12-13H,11H2,1H3/b18-10+. The molecule has 1 aliphatic heterocycles. The average molecular weight is 392 g/mol. The molecule has 4 rings (SSSR count). The van der Waals surface area contributed by atoms with Crippen molar-refractivity contribution >= 4 is 29.3 Å². The molecule has 0 radical (unpaired) electrons. The van der Waals surface area contributed by atoms with Gasteiger partial charge in [0.05, 0.1) is 23.9 Å². The van der Waals surface area contributed by atoms with E-state index in [-0.39, 0.29) is 11.6 Å². The van der Waals surface area contributed by atoms with Crippen LogP contribution in [-0.4, -0.2) is 24.0 Å². The lowest BCUT2D eigenvalue weighted by molar-refractivity contribution is -0.129. The van der Waals surface area contributed by atoms with Crippen LogP contribution in [0.3, 0.4) is 0 Å². The fraction of sp³-hybridized carbons (Fsp3) is 0.0952. The molecule has 0 saturated carbocycles. The molecule has 0 N–H and O–H groups in total. The summed E-state index contributed by atoms with van der Waals surface area (Å²) in [6, 6.07) is 14.6. The van der Waals surface area contributed by atoms with Crippen molar-refractivity contribution in [3.8, 4) is 11.5 Å². The summed E-state index contributed by atoms with van der Waals surface area (Å²) in [6.45, 7) is 0.419. The van der Waals surface area contributed by atoms with Crippen LogP contribution < -0.4 is 9.47 Å². The second-order valence-corrected chi connectivity index (χ2v) is 6.59. The summed E-state index contributed by atoms with van der Waals surface area (Å²) in [5, 5.41) is 1.95. The van der Waals surface area contributed by atoms with Crippen molar-refractivity contribution in [1.82, 2.24) is 4.98 Å². The topological polar surface area (TPSA) is 70.0 Å². The van der Waals surface area contributed by atoms with Gasteiger partial charge in [-0.05, 0) is 35.9 Å². The normalized spacial score (nSPS) is 14.7. The third-order valence-corrected chi connectivity index (χ3v) is 4.65. The number of cyclic esters (lactones) is 1. The fourth-order valence-corrected chi connectivity index (χ4v) is 3.17. The van der Waals surface area contributed by atoms with Gasteiger partial charge < -0.3 is 14.2 Å². The molecule has 0 fully saturated rings. The first-order valence-corrected chi connectivity index (χ1v) is 9.43. The van der Waals surface area contributed by atoms with Crippen molar-refractivity contribution in [1.29, 1.82) is 0 Å². The zero-order valence-electron chi connectivity index (χ0n) is 15.0. The van der Waals surface area contributed by atoms with E-state index in [0.29, 0.717) is 17.9 Å². The number of hydrogen-bond acceptors (Lipinski definition) is 7. The number of carbonyl (C=O) groups is 1. The number of nitrogens with zero attached hydrogens (tertiary/aromatic N) is 2. The number of thiazole rings is 1. The zero-order valence-corrected chi connectivity index (χ0v) is 15.8. The SMILES string of the molecule is COc1ccccc1C1=N/C(=C/c2ccc(OCc3cscn3)cc2)C(=O)O1. The van der Waals surface area contributed by atoms with Gasteiger partial charge in [-0.1, -0.05) is 24.3 Å². The van der Waals surface area contributed by atoms with Crippen molar-refractivity contribution in [3.05, 3.63) is 81.9 Å². The number of hydrogen-bond donors (Lipinski definition) is 0. The van der Waals surface area contributed by atoms with Gasteiger partial charge in [-0.25, -0.2) is 14.8 Å². The van der Waals surface area contributed by atoms with E-state index in [9.17, 15) is 4.79 Å². The maximum Gasteiger partial charge on any atom is 0.363 e. The highest BCUT2D eigenvalue weighted by Gasteiger charge is 2.26. The quantitative estimate of drug-likeness (QED) is 0.467. The molecule has 0 saturated heterocycles. The first-order valence-electron chi connectivity index (χ1n) is 8.49. The van der Waals surface area contributed by atoms with Crippen molar-refractivity contribution in [2.24, 2.45) is 4.99 Å². The molecule has 0 aliphatic carbocycles. The molecular formula is C21H16N2O4S. The third kappa shape index (κ3) is 3.94. The Morgan fingerprint density at radius 2 is 1.96 bits per heavy atom. The molecule has 0 spiro atoms. The highest BCUT2D eigenvalue weighted by Crippen LogP contribution is 2.25. The van der Waals surface area contributed by atoms with Crippen LogP contribution in [0.2, 0.25) is 0 Å². The van der Waals surface area contributed by atoms with E-state index in [1.54, 1.807) is 30.8 Å². The molecule has 1 aliphatic rings. The van der Waals surface area contributed by atoms with Crippen LogP contribution in [0, 0.1) is 0 Å². The van der Waals surface area contributed by atoms with E-state index < -0.39 is 5.97 Å². The Bertz CT molecular complexity index is 1040. The summed E-state index contributed by atoms with van der Waals surface area (Å²) in [5.74, 6) is 1.06. The molecule has 28 heavy (non-hydrogen) atoms. The zero-order chi connectivity index (χ0) is 19.3. The van der Waals surface area contributed by atoms with Crippen molar-refractivity contribution in [2.45, 2.75) is 6.61 Å². The van der Waals surface area contributed by atoms with E-state index in [1.807, 2.05) is 41.8 Å². The number of rotatable bonds is 6. The van der Waals surface area contributed by atoms with E-state index >= 15 is 0 Å². The number of ether oxygens (including phenoxy) is 3. The van der Waals surface area contributed by atoms with Crippen LogP contribution >= 0.6 is 11.3 Å². The summed E-state index contributed by atoms with van der Waals surface area (Å²) in [4.78, 5) is 20.7. The minimum Gasteiger partial charge on any atom is -0.496 e. The molecule has 1 aromatic heterocycles. The molecule has 7 heteroatoms. The predicted molar refractivity (Wildman–Crippen MR) is 106 cm³/mol.